The van der Waals surface area contributed by atoms with Crippen LogP contribution in [0.2, 0.25) is 0 Å². The van der Waals surface area contributed by atoms with Gasteiger partial charge in [0, 0.05) is 27.8 Å². The predicted octanol–water partition coefficient (Wildman–Crippen LogP) is 4.19. The number of hydrogen-bond donors (Lipinski definition) is 2. The second-order valence-electron chi connectivity index (χ2n) is 7.11. The Morgan fingerprint density at radius 3 is 2.57 bits per heavy atom. The van der Waals surface area contributed by atoms with E-state index in [9.17, 15) is 14.4 Å². The summed E-state index contributed by atoms with van der Waals surface area (Å²) in [5.41, 5.74) is 5.02. The molecule has 0 spiro atoms. The number of ketones is 1. The number of fused-ring (bicyclic) bond motifs is 1. The molecule has 156 valence electrons. The first-order chi connectivity index (χ1) is 14.3. The summed E-state index contributed by atoms with van der Waals surface area (Å²) in [5, 5.41) is 3.65. The summed E-state index contributed by atoms with van der Waals surface area (Å²) in [6.07, 6.45) is 0. The molecule has 3 aromatic rings. The van der Waals surface area contributed by atoms with E-state index in [1.165, 1.54) is 0 Å². The number of Topliss-reactive ketones (excluding diaryl/α,β-unsaturated/α-hetero) is 1. The van der Waals surface area contributed by atoms with Crippen LogP contribution >= 0.6 is 11.8 Å². The topological polar surface area (TPSA) is 88.3 Å². The molecule has 0 unspecified atom stereocenters. The molecule has 0 aliphatic carbocycles. The highest BCUT2D eigenvalue weighted by Crippen LogP contribution is 2.22. The van der Waals surface area contributed by atoms with Crippen LogP contribution in [-0.2, 0) is 14.3 Å². The fourth-order valence-corrected chi connectivity index (χ4v) is 3.87. The number of benzene rings is 2. The predicted molar refractivity (Wildman–Crippen MR) is 120 cm³/mol. The maximum Gasteiger partial charge on any atom is 0.316 e. The number of aromatic nitrogens is 1. The van der Waals surface area contributed by atoms with Crippen LogP contribution < -0.4 is 5.32 Å². The van der Waals surface area contributed by atoms with E-state index in [0.29, 0.717) is 5.56 Å². The van der Waals surface area contributed by atoms with Crippen molar-refractivity contribution in [2.45, 2.75) is 20.8 Å². The molecule has 1 aromatic heterocycles. The molecule has 2 N–H and O–H groups in total. The zero-order valence-corrected chi connectivity index (χ0v) is 18.0. The zero-order valence-electron chi connectivity index (χ0n) is 17.2. The molecule has 0 aliphatic rings. The van der Waals surface area contributed by atoms with Gasteiger partial charge >= 0.3 is 5.97 Å². The van der Waals surface area contributed by atoms with Crippen molar-refractivity contribution in [2.75, 3.05) is 23.4 Å². The lowest BCUT2D eigenvalue weighted by Crippen LogP contribution is -2.19. The van der Waals surface area contributed by atoms with Crippen molar-refractivity contribution in [3.05, 3.63) is 64.8 Å². The van der Waals surface area contributed by atoms with Crippen molar-refractivity contribution in [3.8, 4) is 0 Å². The number of anilines is 1. The third-order valence-corrected chi connectivity index (χ3v) is 5.55. The van der Waals surface area contributed by atoms with Gasteiger partial charge in [0.15, 0.2) is 6.61 Å². The molecule has 6 nitrogen and oxygen atoms in total. The van der Waals surface area contributed by atoms with Crippen molar-refractivity contribution in [1.29, 1.82) is 0 Å². The third kappa shape index (κ3) is 5.30. The van der Waals surface area contributed by atoms with Gasteiger partial charge in [0.05, 0.1) is 11.5 Å². The molecule has 3 rings (SSSR count). The number of thioether (sulfide) groups is 1. The van der Waals surface area contributed by atoms with Gasteiger partial charge in [-0.05, 0) is 38.5 Å². The SMILES string of the molecule is Cc1ccc(NC(=O)CSCC(=O)OCC(=O)c2c(C)[nH]c3ccccc23)c(C)c1. The summed E-state index contributed by atoms with van der Waals surface area (Å²) in [6.45, 7) is 5.42. The number of H-pyrrole nitrogens is 1. The molecule has 2 aromatic carbocycles. The minimum atomic E-state index is -0.523. The van der Waals surface area contributed by atoms with Gasteiger partial charge < -0.3 is 15.0 Å². The number of aromatic amines is 1. The van der Waals surface area contributed by atoms with Gasteiger partial charge in [0.1, 0.15) is 0 Å². The summed E-state index contributed by atoms with van der Waals surface area (Å²) >= 11 is 1.15. The maximum atomic E-state index is 12.5. The molecule has 1 amide bonds. The highest BCUT2D eigenvalue weighted by Gasteiger charge is 2.17. The van der Waals surface area contributed by atoms with Crippen LogP contribution in [-0.4, -0.2) is 40.8 Å². The molecule has 0 radical (unpaired) electrons. The van der Waals surface area contributed by atoms with Crippen LogP contribution in [0, 0.1) is 20.8 Å². The number of nitrogens with one attached hydrogen (secondary N) is 2. The average Bonchev–Trinajstić information content (AvgIpc) is 3.04. The highest BCUT2D eigenvalue weighted by molar-refractivity contribution is 8.00. The summed E-state index contributed by atoms with van der Waals surface area (Å²) in [7, 11) is 0. The van der Waals surface area contributed by atoms with Gasteiger partial charge in [-0.25, -0.2) is 0 Å². The number of esters is 1. The molecule has 7 heteroatoms. The molecule has 0 fully saturated rings. The Morgan fingerprint density at radius 2 is 1.80 bits per heavy atom. The van der Waals surface area contributed by atoms with Crippen LogP contribution in [0.4, 0.5) is 5.69 Å². The van der Waals surface area contributed by atoms with Gasteiger partial charge in [-0.3, -0.25) is 14.4 Å². The number of amides is 1. The summed E-state index contributed by atoms with van der Waals surface area (Å²) in [5.74, 6) is -0.843. The lowest BCUT2D eigenvalue weighted by molar-refractivity contribution is -0.139. The Labute approximate surface area is 179 Å². The number of para-hydroxylation sites is 1. The van der Waals surface area contributed by atoms with E-state index in [0.717, 1.165) is 45.2 Å². The monoisotopic (exact) mass is 424 g/mol. The third-order valence-electron chi connectivity index (χ3n) is 4.65. The summed E-state index contributed by atoms with van der Waals surface area (Å²) < 4.78 is 5.11. The van der Waals surface area contributed by atoms with Gasteiger partial charge in [-0.1, -0.05) is 35.9 Å². The zero-order chi connectivity index (χ0) is 21.7. The van der Waals surface area contributed by atoms with E-state index >= 15 is 0 Å². The normalized spacial score (nSPS) is 10.8. The molecular formula is C23H24N2O4S. The number of rotatable bonds is 8. The van der Waals surface area contributed by atoms with Crippen LogP contribution in [0.15, 0.2) is 42.5 Å². The van der Waals surface area contributed by atoms with E-state index in [2.05, 4.69) is 10.3 Å². The van der Waals surface area contributed by atoms with E-state index in [4.69, 9.17) is 4.74 Å². The van der Waals surface area contributed by atoms with Crippen molar-refractivity contribution >= 4 is 46.0 Å². The number of hydrogen-bond acceptors (Lipinski definition) is 5. The van der Waals surface area contributed by atoms with Gasteiger partial charge in [-0.15, -0.1) is 11.8 Å². The minimum Gasteiger partial charge on any atom is -0.457 e. The molecule has 0 saturated heterocycles. The Balaban J connectivity index is 1.44. The maximum absolute atomic E-state index is 12.5. The first-order valence-electron chi connectivity index (χ1n) is 9.56. The Hall–Kier alpha value is -3.06. The number of ether oxygens (including phenoxy) is 1. The molecule has 0 saturated carbocycles. The Kier molecular flexibility index (Phi) is 6.95. The second kappa shape index (κ2) is 9.63. The van der Waals surface area contributed by atoms with Gasteiger partial charge in [0.25, 0.3) is 0 Å². The van der Waals surface area contributed by atoms with Gasteiger partial charge in [-0.2, -0.15) is 0 Å². The summed E-state index contributed by atoms with van der Waals surface area (Å²) in [6, 6.07) is 13.3. The summed E-state index contributed by atoms with van der Waals surface area (Å²) in [4.78, 5) is 39.7. The van der Waals surface area contributed by atoms with Crippen LogP contribution in [0.1, 0.15) is 27.2 Å². The fraction of sp³-hybridized carbons (Fsp3) is 0.261. The van der Waals surface area contributed by atoms with E-state index in [1.807, 2.05) is 63.2 Å². The standard InChI is InChI=1S/C23H24N2O4S/c1-14-8-9-18(15(2)10-14)25-21(27)12-30-13-22(28)29-11-20(26)23-16(3)24-19-7-5-4-6-17(19)23/h4-10,24H,11-13H2,1-3H3,(H,25,27). The first kappa shape index (κ1) is 21.6. The average molecular weight is 425 g/mol. The molecule has 30 heavy (non-hydrogen) atoms. The van der Waals surface area contributed by atoms with Crippen molar-refractivity contribution in [1.82, 2.24) is 4.98 Å². The molecular weight excluding hydrogens is 400 g/mol. The van der Waals surface area contributed by atoms with E-state index in [1.54, 1.807) is 0 Å². The number of carbonyl (C=O) groups excluding carboxylic acids is 3. The number of carbonyl (C=O) groups is 3. The lowest BCUT2D eigenvalue weighted by Gasteiger charge is -2.09. The fourth-order valence-electron chi connectivity index (χ4n) is 3.26. The molecule has 0 aliphatic heterocycles. The van der Waals surface area contributed by atoms with Gasteiger partial charge in [0.2, 0.25) is 11.7 Å². The Bertz CT molecular complexity index is 1100. The van der Waals surface area contributed by atoms with Crippen molar-refractivity contribution < 1.29 is 19.1 Å². The first-order valence-corrected chi connectivity index (χ1v) is 10.7. The molecule has 0 atom stereocenters. The van der Waals surface area contributed by atoms with Crippen LogP contribution in [0.3, 0.4) is 0 Å². The number of aryl methyl sites for hydroxylation is 3. The van der Waals surface area contributed by atoms with Crippen molar-refractivity contribution in [2.24, 2.45) is 0 Å². The van der Waals surface area contributed by atoms with Crippen molar-refractivity contribution in [3.63, 3.8) is 0 Å². The quantitative estimate of drug-likeness (QED) is 0.418. The highest BCUT2D eigenvalue weighted by atomic mass is 32.2. The Morgan fingerprint density at radius 1 is 1.03 bits per heavy atom. The second-order valence-corrected chi connectivity index (χ2v) is 8.10. The molecule has 1 heterocycles. The van der Waals surface area contributed by atoms with Crippen LogP contribution in [0.25, 0.3) is 10.9 Å². The minimum absolute atomic E-state index is 0.000443. The largest absolute Gasteiger partial charge is 0.457 e. The molecule has 0 bridgehead atoms. The van der Waals surface area contributed by atoms with E-state index < -0.39 is 5.97 Å². The lowest BCUT2D eigenvalue weighted by atomic mass is 10.1. The smallest absolute Gasteiger partial charge is 0.316 e. The van der Waals surface area contributed by atoms with E-state index in [-0.39, 0.29) is 29.8 Å². The van der Waals surface area contributed by atoms with Crippen LogP contribution in [0.5, 0.6) is 0 Å².